The van der Waals surface area contributed by atoms with Crippen molar-refractivity contribution in [2.45, 2.75) is 0 Å². The van der Waals surface area contributed by atoms with Gasteiger partial charge in [0.05, 0.1) is 0 Å². The van der Waals surface area contributed by atoms with E-state index in [0.29, 0.717) is 0 Å². The van der Waals surface area contributed by atoms with Crippen LogP contribution in [-0.2, 0) is 48.7 Å². The second kappa shape index (κ2) is 29.9. The fraction of sp³-hybridized carbons (Fsp3) is 0. The van der Waals surface area contributed by atoms with Crippen LogP contribution in [0.1, 0.15) is 0 Å². The normalized spacial score (nSPS) is 4.45. The Balaban J connectivity index is -0.0000000428. The van der Waals surface area contributed by atoms with Gasteiger partial charge in [-0.1, -0.05) is 0 Å². The quantitative estimate of drug-likeness (QED) is 0.446. The standard InChI is InChI=1S/CH2O4Si.Cr.Fe.K.2O/c2-1(3)5-6-4;;;;;/h6H,(H,2,3);;;;;/q;;;+1;;/p-1. The van der Waals surface area contributed by atoms with E-state index in [2.05, 4.69) is 4.43 Å². The first-order valence-corrected chi connectivity index (χ1v) is 3.31. The fourth-order valence-electron chi connectivity index (χ4n) is 0.0393. The van der Waals surface area contributed by atoms with Crippen molar-refractivity contribution < 1.29 is 110 Å². The molecule has 0 spiro atoms. The van der Waals surface area contributed by atoms with Gasteiger partial charge >= 0.3 is 101 Å². The van der Waals surface area contributed by atoms with Gasteiger partial charge in [-0.05, 0) is 0 Å². The summed E-state index contributed by atoms with van der Waals surface area (Å²) in [6.07, 6.45) is -1.74. The SMILES string of the molecule is O=[SiH]OC(=O)[O-].[K+].[O]=[Cr].[O]=[Fe]. The molecule has 0 aromatic heterocycles. The second-order valence-electron chi connectivity index (χ2n) is 0.464. The Labute approximate surface area is 124 Å². The van der Waals surface area contributed by atoms with Crippen LogP contribution in [0.2, 0.25) is 0 Å². The molecule has 0 unspecified atom stereocenters. The topological polar surface area (TPSA) is 101 Å². The first kappa shape index (κ1) is 22.9. The summed E-state index contributed by atoms with van der Waals surface area (Å²) in [4.78, 5) is 9.09. The van der Waals surface area contributed by atoms with Crippen LogP contribution in [0.5, 0.6) is 0 Å². The van der Waals surface area contributed by atoms with Crippen molar-refractivity contribution in [3.05, 3.63) is 0 Å². The molecule has 0 aromatic carbocycles. The number of hydrogen-bond donors (Lipinski definition) is 0. The van der Waals surface area contributed by atoms with Gasteiger partial charge in [-0.25, -0.2) is 0 Å². The summed E-state index contributed by atoms with van der Waals surface area (Å²) in [5, 5.41) is 9.09. The monoisotopic (exact) mass is 284 g/mol. The molecule has 0 aromatic rings. The van der Waals surface area contributed by atoms with Crippen LogP contribution in [0.3, 0.4) is 0 Å². The molecule has 60 valence electrons. The van der Waals surface area contributed by atoms with Crippen LogP contribution in [0.4, 0.5) is 4.79 Å². The summed E-state index contributed by atoms with van der Waals surface area (Å²) < 4.78 is 28.7. The van der Waals surface area contributed by atoms with E-state index in [1.807, 2.05) is 15.9 Å². The van der Waals surface area contributed by atoms with Gasteiger partial charge in [-0.3, -0.25) is 0 Å². The molecule has 11 heavy (non-hydrogen) atoms. The van der Waals surface area contributed by atoms with Crippen molar-refractivity contribution in [3.63, 3.8) is 0 Å². The van der Waals surface area contributed by atoms with Crippen molar-refractivity contribution in [3.8, 4) is 0 Å². The zero-order valence-corrected chi connectivity index (χ0v) is 11.9. The maximum atomic E-state index is 9.18. The predicted octanol–water partition coefficient (Wildman–Crippen LogP) is -5.20. The number of carbonyl (C=O) groups is 1. The van der Waals surface area contributed by atoms with E-state index in [0.717, 1.165) is 0 Å². The predicted molar refractivity (Wildman–Crippen MR) is 15.7 cm³/mol. The number of carbonyl (C=O) groups excluding carboxylic acids is 1. The molecule has 0 rings (SSSR count). The molecule has 6 nitrogen and oxygen atoms in total. The van der Waals surface area contributed by atoms with Crippen LogP contribution in [0.15, 0.2) is 0 Å². The third-order valence-corrected chi connectivity index (χ3v) is 0.433. The summed E-state index contributed by atoms with van der Waals surface area (Å²) in [5.41, 5.74) is 0. The van der Waals surface area contributed by atoms with Crippen LogP contribution in [0, 0.1) is 0 Å². The summed E-state index contributed by atoms with van der Waals surface area (Å²) in [6, 6.07) is 0. The van der Waals surface area contributed by atoms with E-state index < -0.39 is 15.8 Å². The Hall–Kier alpha value is 1.58. The Kier molecular flexibility index (Phi) is 62.4. The summed E-state index contributed by atoms with van der Waals surface area (Å²) in [7, 11) is -1.66. The third kappa shape index (κ3) is 50.7. The number of carboxylic acid groups (broad SMARTS) is 1. The van der Waals surface area contributed by atoms with Gasteiger partial charge in [0.2, 0.25) is 6.16 Å². The van der Waals surface area contributed by atoms with E-state index in [9.17, 15) is 4.46 Å². The molecule has 0 fully saturated rings. The molecule has 0 heterocycles. The van der Waals surface area contributed by atoms with Crippen LogP contribution in [-0.4, -0.2) is 15.8 Å². The van der Waals surface area contributed by atoms with Gasteiger partial charge in [-0.15, -0.1) is 0 Å². The molecule has 0 saturated carbocycles. The van der Waals surface area contributed by atoms with E-state index in [1.54, 1.807) is 0 Å². The molecule has 0 aliphatic carbocycles. The Morgan fingerprint density at radius 1 is 1.45 bits per heavy atom. The summed E-state index contributed by atoms with van der Waals surface area (Å²) in [6.45, 7) is 0. The average Bonchev–Trinajstić information content (AvgIpc) is 1.96. The van der Waals surface area contributed by atoms with E-state index >= 15 is 0 Å². The molecule has 0 atom stereocenters. The molecule has 0 N–H and O–H groups in total. The summed E-state index contributed by atoms with van der Waals surface area (Å²) in [5.74, 6) is 0. The molecular formula is CHCrFeKO6Si. The zero-order valence-electron chi connectivity index (χ0n) is 5.29. The van der Waals surface area contributed by atoms with Crippen molar-refractivity contribution in [2.24, 2.45) is 0 Å². The molecule has 0 aliphatic rings. The number of rotatable bonds is 1. The molecule has 0 amide bonds. The third-order valence-electron chi connectivity index (χ3n) is 0.144. The summed E-state index contributed by atoms with van der Waals surface area (Å²) >= 11 is 3.38. The van der Waals surface area contributed by atoms with E-state index in [-0.39, 0.29) is 51.4 Å². The fourth-order valence-corrected chi connectivity index (χ4v) is 0.118. The van der Waals surface area contributed by atoms with Gasteiger partial charge in [0, 0.05) is 0 Å². The van der Waals surface area contributed by atoms with Crippen molar-refractivity contribution in [2.75, 3.05) is 0 Å². The van der Waals surface area contributed by atoms with Crippen LogP contribution >= 0.6 is 0 Å². The Morgan fingerprint density at radius 2 is 1.73 bits per heavy atom. The van der Waals surface area contributed by atoms with Gasteiger partial charge in [-0.2, -0.15) is 0 Å². The average molecular weight is 284 g/mol. The minimum absolute atomic E-state index is 0. The van der Waals surface area contributed by atoms with E-state index in [4.69, 9.17) is 17.5 Å². The first-order chi connectivity index (χ1) is 4.77. The Bertz CT molecular complexity index is 101. The van der Waals surface area contributed by atoms with Crippen LogP contribution in [0.25, 0.3) is 0 Å². The molecule has 0 radical (unpaired) electrons. The maximum absolute atomic E-state index is 9.18. The van der Waals surface area contributed by atoms with Crippen molar-refractivity contribution in [1.82, 2.24) is 0 Å². The molecule has 0 bridgehead atoms. The molecule has 0 aliphatic heterocycles. The minimum atomic E-state index is -1.74. The van der Waals surface area contributed by atoms with Gasteiger partial charge < -0.3 is 18.8 Å². The van der Waals surface area contributed by atoms with Gasteiger partial charge in [0.15, 0.2) is 0 Å². The molecular weight excluding hydrogens is 283 g/mol. The van der Waals surface area contributed by atoms with Crippen molar-refractivity contribution >= 4 is 15.8 Å². The molecule has 0 saturated heterocycles. The second-order valence-corrected chi connectivity index (χ2v) is 0.892. The first-order valence-electron chi connectivity index (χ1n) is 1.39. The van der Waals surface area contributed by atoms with Crippen LogP contribution < -0.4 is 56.5 Å². The van der Waals surface area contributed by atoms with Gasteiger partial charge in [0.25, 0.3) is 0 Å². The Morgan fingerprint density at radius 3 is 1.73 bits per heavy atom. The number of hydrogen-bond acceptors (Lipinski definition) is 6. The van der Waals surface area contributed by atoms with E-state index in [1.165, 1.54) is 16.2 Å². The van der Waals surface area contributed by atoms with Gasteiger partial charge in [0.1, 0.15) is 0 Å². The van der Waals surface area contributed by atoms with Crippen molar-refractivity contribution in [1.29, 1.82) is 0 Å². The molecule has 10 heteroatoms. The zero-order chi connectivity index (χ0) is 8.99.